The molecule has 0 aliphatic carbocycles. The molecule has 0 fully saturated rings. The summed E-state index contributed by atoms with van der Waals surface area (Å²) in [5.41, 5.74) is -0.741. The summed E-state index contributed by atoms with van der Waals surface area (Å²) in [4.78, 5) is 10.7. The Bertz CT molecular complexity index is 707. The molecule has 0 radical (unpaired) electrons. The Kier molecular flexibility index (Phi) is 4.52. The maximum absolute atomic E-state index is 13.7. The molecule has 3 nitrogen and oxygen atoms in total. The molecule has 7 heteroatoms. The number of anilines is 1. The number of halogens is 4. The number of benzene rings is 2. The number of hydrogen-bond acceptors (Lipinski definition) is 2. The van der Waals surface area contributed by atoms with Gasteiger partial charge in [0, 0.05) is 16.6 Å². The van der Waals surface area contributed by atoms with E-state index in [4.69, 9.17) is 5.11 Å². The van der Waals surface area contributed by atoms with Crippen molar-refractivity contribution in [2.75, 3.05) is 5.32 Å². The summed E-state index contributed by atoms with van der Waals surface area (Å²) in [5.74, 6) is -4.82. The van der Waals surface area contributed by atoms with Gasteiger partial charge in [0.1, 0.15) is 5.82 Å². The lowest BCUT2D eigenvalue weighted by atomic mass is 10.1. The molecule has 0 aliphatic rings. The lowest BCUT2D eigenvalue weighted by molar-refractivity contribution is 0.0690. The summed E-state index contributed by atoms with van der Waals surface area (Å²) in [6, 6.07) is 6.30. The highest BCUT2D eigenvalue weighted by Gasteiger charge is 2.18. The van der Waals surface area contributed by atoms with Crippen LogP contribution in [0.1, 0.15) is 15.9 Å². The SMILES string of the molecule is O=C(O)c1ccc(NCc2cc(Br)ccc2F)c(F)c1F. The molecule has 0 unspecified atom stereocenters. The number of nitrogens with one attached hydrogen (secondary N) is 1. The van der Waals surface area contributed by atoms with Crippen molar-refractivity contribution in [3.05, 3.63) is 63.4 Å². The minimum absolute atomic E-state index is 0.0753. The number of carbonyl (C=O) groups is 1. The van der Waals surface area contributed by atoms with E-state index in [-0.39, 0.29) is 17.8 Å². The molecule has 0 heterocycles. The maximum atomic E-state index is 13.7. The second kappa shape index (κ2) is 6.17. The van der Waals surface area contributed by atoms with Crippen LogP contribution in [0.2, 0.25) is 0 Å². The van der Waals surface area contributed by atoms with Crippen LogP contribution in [-0.4, -0.2) is 11.1 Å². The predicted molar refractivity (Wildman–Crippen MR) is 74.7 cm³/mol. The molecule has 21 heavy (non-hydrogen) atoms. The van der Waals surface area contributed by atoms with Crippen LogP contribution in [0.15, 0.2) is 34.8 Å². The van der Waals surface area contributed by atoms with E-state index >= 15 is 0 Å². The fraction of sp³-hybridized carbons (Fsp3) is 0.0714. The minimum atomic E-state index is -1.56. The smallest absolute Gasteiger partial charge is 0.338 e. The summed E-state index contributed by atoms with van der Waals surface area (Å²) in [6.45, 7) is -0.0753. The van der Waals surface area contributed by atoms with Crippen LogP contribution in [0.25, 0.3) is 0 Å². The van der Waals surface area contributed by atoms with Gasteiger partial charge in [0.05, 0.1) is 11.3 Å². The molecule has 0 aliphatic heterocycles. The third-order valence-electron chi connectivity index (χ3n) is 2.79. The van der Waals surface area contributed by atoms with Gasteiger partial charge in [-0.2, -0.15) is 0 Å². The maximum Gasteiger partial charge on any atom is 0.338 e. The zero-order chi connectivity index (χ0) is 15.6. The number of rotatable bonds is 4. The average molecular weight is 360 g/mol. The van der Waals surface area contributed by atoms with E-state index < -0.39 is 29.0 Å². The van der Waals surface area contributed by atoms with Gasteiger partial charge in [0.25, 0.3) is 0 Å². The summed E-state index contributed by atoms with van der Waals surface area (Å²) >= 11 is 3.18. The van der Waals surface area contributed by atoms with Crippen LogP contribution in [0.5, 0.6) is 0 Å². The standard InChI is InChI=1S/C14H9BrF3NO2/c15-8-1-3-10(16)7(5-8)6-19-11-4-2-9(14(20)21)12(17)13(11)18/h1-5,19H,6H2,(H,20,21). The molecule has 2 rings (SSSR count). The molecule has 2 aromatic rings. The third-order valence-corrected chi connectivity index (χ3v) is 3.28. The second-order valence-electron chi connectivity index (χ2n) is 4.18. The Morgan fingerprint density at radius 3 is 2.52 bits per heavy atom. The quantitative estimate of drug-likeness (QED) is 0.860. The van der Waals surface area contributed by atoms with Crippen molar-refractivity contribution >= 4 is 27.6 Å². The average Bonchev–Trinajstić information content (AvgIpc) is 2.43. The first-order valence-corrected chi connectivity index (χ1v) is 6.58. The number of carboxylic acids is 1. The highest BCUT2D eigenvalue weighted by atomic mass is 79.9. The predicted octanol–water partition coefficient (Wildman–Crippen LogP) is 4.18. The van der Waals surface area contributed by atoms with Crippen molar-refractivity contribution in [3.8, 4) is 0 Å². The molecule has 2 N–H and O–H groups in total. The topological polar surface area (TPSA) is 49.3 Å². The van der Waals surface area contributed by atoms with Gasteiger partial charge in [0.2, 0.25) is 0 Å². The van der Waals surface area contributed by atoms with E-state index in [0.717, 1.165) is 12.1 Å². The molecular formula is C14H9BrF3NO2. The van der Waals surface area contributed by atoms with E-state index in [2.05, 4.69) is 21.2 Å². The largest absolute Gasteiger partial charge is 0.478 e. The van der Waals surface area contributed by atoms with Crippen LogP contribution in [0.3, 0.4) is 0 Å². The highest BCUT2D eigenvalue weighted by molar-refractivity contribution is 9.10. The molecule has 0 atom stereocenters. The van der Waals surface area contributed by atoms with E-state index in [0.29, 0.717) is 4.47 Å². The van der Waals surface area contributed by atoms with Crippen LogP contribution in [0.4, 0.5) is 18.9 Å². The summed E-state index contributed by atoms with van der Waals surface area (Å²) in [5, 5.41) is 11.2. The van der Waals surface area contributed by atoms with Crippen molar-refractivity contribution in [2.24, 2.45) is 0 Å². The Morgan fingerprint density at radius 2 is 1.86 bits per heavy atom. The van der Waals surface area contributed by atoms with E-state index in [1.807, 2.05) is 0 Å². The van der Waals surface area contributed by atoms with Gasteiger partial charge >= 0.3 is 5.97 Å². The zero-order valence-electron chi connectivity index (χ0n) is 10.5. The lowest BCUT2D eigenvalue weighted by Gasteiger charge is -2.10. The van der Waals surface area contributed by atoms with Gasteiger partial charge in [-0.15, -0.1) is 0 Å². The molecule has 0 bridgehead atoms. The Balaban J connectivity index is 2.23. The van der Waals surface area contributed by atoms with E-state index in [1.165, 1.54) is 18.2 Å². The van der Waals surface area contributed by atoms with Gasteiger partial charge in [-0.3, -0.25) is 0 Å². The Hall–Kier alpha value is -2.02. The zero-order valence-corrected chi connectivity index (χ0v) is 12.0. The van der Waals surface area contributed by atoms with Crippen molar-refractivity contribution in [1.82, 2.24) is 0 Å². The van der Waals surface area contributed by atoms with Crippen molar-refractivity contribution in [1.29, 1.82) is 0 Å². The van der Waals surface area contributed by atoms with Crippen LogP contribution in [0, 0.1) is 17.5 Å². The highest BCUT2D eigenvalue weighted by Crippen LogP contribution is 2.22. The van der Waals surface area contributed by atoms with E-state index in [1.54, 1.807) is 0 Å². The summed E-state index contributed by atoms with van der Waals surface area (Å²) < 4.78 is 41.4. The molecule has 0 amide bonds. The first-order chi connectivity index (χ1) is 9.90. The Labute approximate surface area is 126 Å². The fourth-order valence-electron chi connectivity index (χ4n) is 1.72. The van der Waals surface area contributed by atoms with E-state index in [9.17, 15) is 18.0 Å². The number of aromatic carboxylic acids is 1. The van der Waals surface area contributed by atoms with Crippen molar-refractivity contribution < 1.29 is 23.1 Å². The van der Waals surface area contributed by atoms with Crippen molar-refractivity contribution in [3.63, 3.8) is 0 Å². The third kappa shape index (κ3) is 3.36. The van der Waals surface area contributed by atoms with Crippen LogP contribution < -0.4 is 5.32 Å². The first kappa shape index (κ1) is 15.4. The molecule has 0 saturated carbocycles. The van der Waals surface area contributed by atoms with Crippen molar-refractivity contribution in [2.45, 2.75) is 6.54 Å². The Morgan fingerprint density at radius 1 is 1.14 bits per heavy atom. The normalized spacial score (nSPS) is 10.5. The van der Waals surface area contributed by atoms with Gasteiger partial charge in [-0.25, -0.2) is 18.0 Å². The first-order valence-electron chi connectivity index (χ1n) is 5.79. The van der Waals surface area contributed by atoms with Gasteiger partial charge in [-0.05, 0) is 30.3 Å². The van der Waals surface area contributed by atoms with Gasteiger partial charge in [-0.1, -0.05) is 15.9 Å². The van der Waals surface area contributed by atoms with Crippen LogP contribution in [-0.2, 0) is 6.54 Å². The lowest BCUT2D eigenvalue weighted by Crippen LogP contribution is -2.08. The second-order valence-corrected chi connectivity index (χ2v) is 5.10. The molecular weight excluding hydrogens is 351 g/mol. The number of carboxylic acid groups (broad SMARTS) is 1. The van der Waals surface area contributed by atoms with Gasteiger partial charge < -0.3 is 10.4 Å². The fourth-order valence-corrected chi connectivity index (χ4v) is 2.13. The van der Waals surface area contributed by atoms with Gasteiger partial charge in [0.15, 0.2) is 11.6 Å². The molecule has 0 saturated heterocycles. The molecule has 2 aromatic carbocycles. The summed E-state index contributed by atoms with van der Waals surface area (Å²) in [6.07, 6.45) is 0. The van der Waals surface area contributed by atoms with Crippen LogP contribution >= 0.6 is 15.9 Å². The molecule has 0 aromatic heterocycles. The minimum Gasteiger partial charge on any atom is -0.478 e. The summed E-state index contributed by atoms with van der Waals surface area (Å²) in [7, 11) is 0. The number of hydrogen-bond donors (Lipinski definition) is 2. The monoisotopic (exact) mass is 359 g/mol. The molecule has 110 valence electrons. The molecule has 0 spiro atoms.